The average molecular weight is 834 g/mol. The van der Waals surface area contributed by atoms with E-state index in [4.69, 9.17) is 9.97 Å². The van der Waals surface area contributed by atoms with Crippen molar-refractivity contribution < 1.29 is 0 Å². The van der Waals surface area contributed by atoms with Crippen LogP contribution in [0.1, 0.15) is 35.4 Å². The second kappa shape index (κ2) is 13.7. The Labute approximate surface area is 374 Å². The number of nitrogens with zero attached hydrogens (tertiary/aromatic N) is 3. The quantitative estimate of drug-likeness (QED) is 0.177. The first kappa shape index (κ1) is 35.9. The van der Waals surface area contributed by atoms with E-state index in [9.17, 15) is 0 Å². The van der Waals surface area contributed by atoms with Crippen LogP contribution in [-0.2, 0) is 6.42 Å². The number of fused-ring (bicyclic) bond motifs is 15. The fourth-order valence-electron chi connectivity index (χ4n) is 11.3. The molecule has 0 N–H and O–H groups in total. The lowest BCUT2D eigenvalue weighted by molar-refractivity contribution is 0.576. The monoisotopic (exact) mass is 833 g/mol. The first-order chi connectivity index (χ1) is 31.7. The van der Waals surface area contributed by atoms with E-state index in [1.807, 2.05) is 0 Å². The molecule has 3 nitrogen and oxygen atoms in total. The average Bonchev–Trinajstić information content (AvgIpc) is 3.88. The number of hydrogen-bond donors (Lipinski definition) is 0. The van der Waals surface area contributed by atoms with Crippen LogP contribution in [0.25, 0.3) is 115 Å². The van der Waals surface area contributed by atoms with Crippen LogP contribution in [0.4, 0.5) is 0 Å². The van der Waals surface area contributed by atoms with Gasteiger partial charge in [-0.25, -0.2) is 9.97 Å². The molecule has 2 aliphatic carbocycles. The second-order valence-electron chi connectivity index (χ2n) is 17.6. The van der Waals surface area contributed by atoms with Crippen LogP contribution in [0.15, 0.2) is 194 Å². The van der Waals surface area contributed by atoms with E-state index < -0.39 is 0 Å². The summed E-state index contributed by atoms with van der Waals surface area (Å²) in [5, 5.41) is 6.41. The highest BCUT2D eigenvalue weighted by molar-refractivity contribution is 7.26. The van der Waals surface area contributed by atoms with Crippen molar-refractivity contribution in [2.45, 2.75) is 25.2 Å². The van der Waals surface area contributed by atoms with Gasteiger partial charge in [0.15, 0.2) is 5.82 Å². The van der Waals surface area contributed by atoms with Crippen molar-refractivity contribution in [3.63, 3.8) is 0 Å². The van der Waals surface area contributed by atoms with Gasteiger partial charge < -0.3 is 4.57 Å². The summed E-state index contributed by atoms with van der Waals surface area (Å²) in [5.74, 6) is 1.51. The molecule has 3 heterocycles. The van der Waals surface area contributed by atoms with Crippen molar-refractivity contribution in [3.8, 4) is 61.7 Å². The number of benzene rings is 9. The molecule has 12 aromatic rings. The summed E-state index contributed by atoms with van der Waals surface area (Å²) < 4.78 is 4.82. The van der Waals surface area contributed by atoms with Gasteiger partial charge in [-0.05, 0) is 122 Å². The third-order valence-electron chi connectivity index (χ3n) is 14.3. The minimum atomic E-state index is 0.380. The lowest BCUT2D eigenvalue weighted by atomic mass is 9.71. The fraction of sp³-hybridized carbons (Fsp3) is 0.0667. The van der Waals surface area contributed by atoms with E-state index in [1.165, 1.54) is 87.3 Å². The Morgan fingerprint density at radius 2 is 1.20 bits per heavy atom. The van der Waals surface area contributed by atoms with E-state index in [1.54, 1.807) is 11.3 Å². The molecule has 9 aromatic carbocycles. The Bertz CT molecular complexity index is 3880. The Hall–Kier alpha value is -7.66. The summed E-state index contributed by atoms with van der Waals surface area (Å²) in [6.45, 7) is 2.45. The summed E-state index contributed by atoms with van der Waals surface area (Å²) in [4.78, 5) is 10.7. The molecule has 2 bridgehead atoms. The molecule has 2 aliphatic rings. The van der Waals surface area contributed by atoms with Crippen molar-refractivity contribution in [1.82, 2.24) is 14.5 Å². The van der Waals surface area contributed by atoms with Crippen LogP contribution in [0, 0.1) is 0 Å². The van der Waals surface area contributed by atoms with Crippen LogP contribution in [0.5, 0.6) is 0 Å². The molecule has 14 rings (SSSR count). The molecule has 300 valence electrons. The van der Waals surface area contributed by atoms with Crippen LogP contribution < -0.4 is 0 Å². The molecule has 0 fully saturated rings. The van der Waals surface area contributed by atoms with Gasteiger partial charge in [-0.15, -0.1) is 11.3 Å². The van der Waals surface area contributed by atoms with E-state index >= 15 is 0 Å². The maximum absolute atomic E-state index is 5.38. The first-order valence-electron chi connectivity index (χ1n) is 22.3. The van der Waals surface area contributed by atoms with Gasteiger partial charge in [-0.2, -0.15) is 0 Å². The Morgan fingerprint density at radius 3 is 2.06 bits per heavy atom. The van der Waals surface area contributed by atoms with Gasteiger partial charge in [-0.3, -0.25) is 0 Å². The largest absolute Gasteiger partial charge is 0.309 e. The van der Waals surface area contributed by atoms with Gasteiger partial charge in [0.2, 0.25) is 0 Å². The van der Waals surface area contributed by atoms with Crippen molar-refractivity contribution in [2.24, 2.45) is 0 Å². The number of thiophene rings is 1. The van der Waals surface area contributed by atoms with E-state index in [2.05, 4.69) is 206 Å². The highest BCUT2D eigenvalue weighted by atomic mass is 32.1. The van der Waals surface area contributed by atoms with Gasteiger partial charge in [-0.1, -0.05) is 159 Å². The number of hydrogen-bond acceptors (Lipinski definition) is 3. The Morgan fingerprint density at radius 1 is 0.516 bits per heavy atom. The number of aromatic nitrogens is 3. The van der Waals surface area contributed by atoms with E-state index in [0.717, 1.165) is 50.4 Å². The molecule has 64 heavy (non-hydrogen) atoms. The molecule has 3 aromatic heterocycles. The molecule has 0 spiro atoms. The standard InChI is InChI=1S/C60H39N3S/c1-35-42-16-7-8-18-44(42)49-34-52-55(56-50(49)33-48(35)45-32-29-38-15-5-6-17-43(38)54(45)56)46-19-9-11-21-51(46)63(52)41-30-27-40(28-31-41)60-61-57(59-58(62-60)47-20-10-12-22-53(47)64-59)39-25-23-37(24-26-39)36-13-3-2-4-14-36/h2-32,34-35,48H,33H2,1H3. The lowest BCUT2D eigenvalue weighted by Gasteiger charge is -2.32. The smallest absolute Gasteiger partial charge is 0.160 e. The molecular weight excluding hydrogens is 795 g/mol. The Kier molecular flexibility index (Phi) is 7.66. The van der Waals surface area contributed by atoms with Crippen LogP contribution >= 0.6 is 11.3 Å². The third kappa shape index (κ3) is 5.15. The van der Waals surface area contributed by atoms with Gasteiger partial charge in [0, 0.05) is 37.7 Å². The molecule has 2 atom stereocenters. The van der Waals surface area contributed by atoms with E-state index in [-0.39, 0.29) is 0 Å². The molecule has 2 unspecified atom stereocenters. The molecule has 0 radical (unpaired) electrons. The second-order valence-corrected chi connectivity index (χ2v) is 18.7. The zero-order chi connectivity index (χ0) is 42.0. The highest BCUT2D eigenvalue weighted by Gasteiger charge is 2.38. The molecule has 0 saturated carbocycles. The predicted octanol–water partition coefficient (Wildman–Crippen LogP) is 16.2. The molecular formula is C60H39N3S. The minimum absolute atomic E-state index is 0.380. The maximum atomic E-state index is 5.38. The predicted molar refractivity (Wildman–Crippen MR) is 269 cm³/mol. The van der Waals surface area contributed by atoms with Gasteiger partial charge in [0.25, 0.3) is 0 Å². The maximum Gasteiger partial charge on any atom is 0.160 e. The zero-order valence-corrected chi connectivity index (χ0v) is 35.9. The highest BCUT2D eigenvalue weighted by Crippen LogP contribution is 2.57. The Balaban J connectivity index is 0.981. The van der Waals surface area contributed by atoms with Crippen molar-refractivity contribution in [2.75, 3.05) is 0 Å². The van der Waals surface area contributed by atoms with Crippen molar-refractivity contribution in [1.29, 1.82) is 0 Å². The molecule has 0 saturated heterocycles. The van der Waals surface area contributed by atoms with Crippen LogP contribution in [0.2, 0.25) is 0 Å². The minimum Gasteiger partial charge on any atom is -0.309 e. The normalized spacial score (nSPS) is 15.2. The molecule has 0 aliphatic heterocycles. The summed E-state index contributed by atoms with van der Waals surface area (Å²) >= 11 is 1.77. The van der Waals surface area contributed by atoms with Gasteiger partial charge >= 0.3 is 0 Å². The molecule has 4 heteroatoms. The number of para-hydroxylation sites is 1. The van der Waals surface area contributed by atoms with Crippen molar-refractivity contribution in [3.05, 3.63) is 211 Å². The fourth-order valence-corrected chi connectivity index (χ4v) is 12.5. The van der Waals surface area contributed by atoms with Gasteiger partial charge in [0.05, 0.1) is 26.9 Å². The summed E-state index contributed by atoms with van der Waals surface area (Å²) in [5.41, 5.74) is 19.9. The molecule has 0 amide bonds. The van der Waals surface area contributed by atoms with Crippen LogP contribution in [-0.4, -0.2) is 14.5 Å². The summed E-state index contributed by atoms with van der Waals surface area (Å²) in [6.07, 6.45) is 1.03. The number of rotatable bonds is 4. The SMILES string of the molecule is CC1c2ccccc2-c2cc3c(c4c2CC1c1ccc2ccccc2c1-4)c1ccccc1n3-c1ccc(-c2nc(-c3ccc(-c4ccccc4)cc3)c3sc4ccccc4c3n2)cc1. The lowest BCUT2D eigenvalue weighted by Crippen LogP contribution is -2.16. The zero-order valence-electron chi connectivity index (χ0n) is 35.1. The van der Waals surface area contributed by atoms with Gasteiger partial charge in [0.1, 0.15) is 0 Å². The van der Waals surface area contributed by atoms with Crippen LogP contribution in [0.3, 0.4) is 0 Å². The third-order valence-corrected chi connectivity index (χ3v) is 15.5. The van der Waals surface area contributed by atoms with E-state index in [0.29, 0.717) is 11.8 Å². The summed E-state index contributed by atoms with van der Waals surface area (Å²) in [7, 11) is 0. The first-order valence-corrected chi connectivity index (χ1v) is 23.1. The summed E-state index contributed by atoms with van der Waals surface area (Å²) in [6, 6.07) is 71.4. The van der Waals surface area contributed by atoms with Crippen molar-refractivity contribution >= 4 is 64.2 Å². The topological polar surface area (TPSA) is 30.7 Å².